The quantitative estimate of drug-likeness (QED) is 0.677. The molecule has 1 saturated carbocycles. The van der Waals surface area contributed by atoms with Gasteiger partial charge in [-0.25, -0.2) is 4.39 Å². The Balaban J connectivity index is 2.30. The van der Waals surface area contributed by atoms with Gasteiger partial charge in [0.2, 0.25) is 0 Å². The van der Waals surface area contributed by atoms with E-state index in [1.54, 1.807) is 0 Å². The average Bonchev–Trinajstić information content (AvgIpc) is 3.14. The van der Waals surface area contributed by atoms with Gasteiger partial charge in [0.05, 0.1) is 18.4 Å². The van der Waals surface area contributed by atoms with Gasteiger partial charge in [-0.2, -0.15) is 0 Å². The summed E-state index contributed by atoms with van der Waals surface area (Å²) in [5.41, 5.74) is 9.89. The van der Waals surface area contributed by atoms with Crippen molar-refractivity contribution in [3.8, 4) is 0 Å². The van der Waals surface area contributed by atoms with Crippen molar-refractivity contribution in [1.29, 1.82) is 0 Å². The van der Waals surface area contributed by atoms with Crippen LogP contribution in [0.1, 0.15) is 58.9 Å². The molecule has 0 amide bonds. The molecule has 1 aromatic carbocycles. The predicted octanol–water partition coefficient (Wildman–Crippen LogP) is 5.73. The van der Waals surface area contributed by atoms with Crippen molar-refractivity contribution in [3.63, 3.8) is 0 Å². The van der Waals surface area contributed by atoms with Gasteiger partial charge in [0.15, 0.2) is 0 Å². The fraction of sp³-hybridized carbons (Fsp3) is 0.500. The van der Waals surface area contributed by atoms with Gasteiger partial charge in [0.25, 0.3) is 0 Å². The molecular formula is C24H30FNO. The topological polar surface area (TPSA) is 32.6 Å². The van der Waals surface area contributed by atoms with Crippen LogP contribution in [0.2, 0.25) is 0 Å². The molecule has 0 radical (unpaired) electrons. The molecule has 1 aromatic rings. The number of hydrogen-bond donors (Lipinski definition) is 1. The number of allylic oxidation sites excluding steroid dienone is 2. The lowest BCUT2D eigenvalue weighted by atomic mass is 9.79. The lowest BCUT2D eigenvalue weighted by Gasteiger charge is -2.31. The maximum absolute atomic E-state index is 13.6. The minimum Gasteiger partial charge on any atom is -0.392 e. The molecule has 27 heavy (non-hydrogen) atoms. The first-order valence-corrected chi connectivity index (χ1v) is 10.1. The van der Waals surface area contributed by atoms with Gasteiger partial charge in [0, 0.05) is 11.1 Å². The van der Waals surface area contributed by atoms with Gasteiger partial charge in [-0.05, 0) is 66.4 Å². The summed E-state index contributed by atoms with van der Waals surface area (Å²) in [5.74, 6) is 0.280. The summed E-state index contributed by atoms with van der Waals surface area (Å²) in [6, 6.07) is 6.53. The maximum Gasteiger partial charge on any atom is 0.123 e. The molecular weight excluding hydrogens is 337 g/mol. The van der Waals surface area contributed by atoms with E-state index in [2.05, 4.69) is 33.4 Å². The molecule has 1 unspecified atom stereocenters. The zero-order valence-corrected chi connectivity index (χ0v) is 16.8. The molecule has 1 aliphatic carbocycles. The van der Waals surface area contributed by atoms with Gasteiger partial charge in [-0.1, -0.05) is 39.8 Å². The zero-order chi connectivity index (χ0) is 19.6. The summed E-state index contributed by atoms with van der Waals surface area (Å²) < 4.78 is 13.6. The Morgan fingerprint density at radius 1 is 1.11 bits per heavy atom. The third kappa shape index (κ3) is 4.15. The molecule has 2 nitrogen and oxygen atoms in total. The second-order valence-electron chi connectivity index (χ2n) is 8.23. The highest BCUT2D eigenvalue weighted by atomic mass is 19.1. The fourth-order valence-electron chi connectivity index (χ4n) is 4.07. The van der Waals surface area contributed by atoms with Crippen LogP contribution in [0.25, 0.3) is 5.57 Å². The molecule has 2 aliphatic rings. The standard InChI is InChI=1S/C24H30FNO/c1-15(2)23-20(13-17-7-5-6-8-17)22(18-9-11-19(25)12-10-18)21(14-27)24(26-23)16(3)4/h9-12,15-16,24,27H,5-8,14H2,1-4H3. The van der Waals surface area contributed by atoms with E-state index in [1.807, 2.05) is 12.1 Å². The van der Waals surface area contributed by atoms with Gasteiger partial charge in [-0.15, -0.1) is 5.73 Å². The molecule has 0 aromatic heterocycles. The lowest BCUT2D eigenvalue weighted by Crippen LogP contribution is -2.29. The molecule has 0 spiro atoms. The molecule has 1 heterocycles. The van der Waals surface area contributed by atoms with Crippen LogP contribution in [-0.4, -0.2) is 23.5 Å². The molecule has 1 atom stereocenters. The number of nitrogens with zero attached hydrogens (tertiary/aromatic N) is 1. The summed E-state index contributed by atoms with van der Waals surface area (Å²) in [4.78, 5) is 5.06. The maximum atomic E-state index is 13.6. The van der Waals surface area contributed by atoms with Crippen molar-refractivity contribution in [1.82, 2.24) is 0 Å². The number of dihydropyridines is 1. The van der Waals surface area contributed by atoms with E-state index in [-0.39, 0.29) is 30.3 Å². The number of halogens is 1. The number of aliphatic imine (C=N–C) groups is 1. The molecule has 3 rings (SSSR count). The second-order valence-corrected chi connectivity index (χ2v) is 8.23. The molecule has 1 N–H and O–H groups in total. The van der Waals surface area contributed by atoms with Crippen molar-refractivity contribution in [2.45, 2.75) is 59.4 Å². The van der Waals surface area contributed by atoms with Gasteiger partial charge in [0.1, 0.15) is 5.82 Å². The minimum absolute atomic E-state index is 0.0506. The van der Waals surface area contributed by atoms with Crippen LogP contribution in [0, 0.1) is 17.7 Å². The highest BCUT2D eigenvalue weighted by molar-refractivity contribution is 6.16. The van der Waals surface area contributed by atoms with Crippen LogP contribution < -0.4 is 0 Å². The van der Waals surface area contributed by atoms with E-state index in [1.165, 1.54) is 30.5 Å². The van der Waals surface area contributed by atoms with Gasteiger partial charge >= 0.3 is 0 Å². The van der Waals surface area contributed by atoms with E-state index in [0.29, 0.717) is 0 Å². The van der Waals surface area contributed by atoms with Crippen molar-refractivity contribution in [3.05, 3.63) is 58.1 Å². The largest absolute Gasteiger partial charge is 0.392 e. The van der Waals surface area contributed by atoms with Crippen LogP contribution >= 0.6 is 0 Å². The molecule has 0 bridgehead atoms. The van der Waals surface area contributed by atoms with Crippen LogP contribution in [-0.2, 0) is 0 Å². The van der Waals surface area contributed by atoms with Crippen molar-refractivity contribution < 1.29 is 9.50 Å². The SMILES string of the molecule is CC(C)C1=NC(C(C)C)C(CO)=C(c2ccc(F)cc2)C1=C=C1CCCC1. The normalized spacial score (nSPS) is 20.6. The minimum atomic E-state index is -0.251. The van der Waals surface area contributed by atoms with Crippen molar-refractivity contribution in [2.24, 2.45) is 16.8 Å². The van der Waals surface area contributed by atoms with Gasteiger partial charge in [-0.3, -0.25) is 4.99 Å². The first-order chi connectivity index (χ1) is 12.9. The first kappa shape index (κ1) is 19.8. The van der Waals surface area contributed by atoms with E-state index in [9.17, 15) is 9.50 Å². The average molecular weight is 368 g/mol. The molecule has 3 heteroatoms. The lowest BCUT2D eigenvalue weighted by molar-refractivity contribution is 0.315. The summed E-state index contributed by atoms with van der Waals surface area (Å²) in [6.45, 7) is 8.53. The predicted molar refractivity (Wildman–Crippen MR) is 110 cm³/mol. The molecule has 0 saturated heterocycles. The smallest absolute Gasteiger partial charge is 0.123 e. The summed E-state index contributed by atoms with van der Waals surface area (Å²) in [5, 5.41) is 10.3. The Bertz CT molecular complexity index is 812. The fourth-order valence-corrected chi connectivity index (χ4v) is 4.07. The van der Waals surface area contributed by atoms with Crippen LogP contribution in [0.3, 0.4) is 0 Å². The van der Waals surface area contributed by atoms with Crippen LogP contribution in [0.15, 0.2) is 51.7 Å². The van der Waals surface area contributed by atoms with Crippen LogP contribution in [0.5, 0.6) is 0 Å². The number of hydrogen-bond acceptors (Lipinski definition) is 2. The number of benzene rings is 1. The summed E-state index contributed by atoms with van der Waals surface area (Å²) >= 11 is 0. The van der Waals surface area contributed by atoms with Crippen molar-refractivity contribution in [2.75, 3.05) is 6.61 Å². The second kappa shape index (κ2) is 8.37. The molecule has 144 valence electrons. The Kier molecular flexibility index (Phi) is 6.14. The van der Waals surface area contributed by atoms with Crippen LogP contribution in [0.4, 0.5) is 4.39 Å². The van der Waals surface area contributed by atoms with E-state index in [4.69, 9.17) is 4.99 Å². The highest BCUT2D eigenvalue weighted by Crippen LogP contribution is 2.38. The van der Waals surface area contributed by atoms with Gasteiger partial charge < -0.3 is 5.11 Å². The number of rotatable bonds is 4. The van der Waals surface area contributed by atoms with E-state index < -0.39 is 0 Å². The van der Waals surface area contributed by atoms with E-state index in [0.717, 1.165) is 40.8 Å². The Morgan fingerprint density at radius 3 is 2.26 bits per heavy atom. The summed E-state index contributed by atoms with van der Waals surface area (Å²) in [7, 11) is 0. The summed E-state index contributed by atoms with van der Waals surface area (Å²) in [6.07, 6.45) is 4.57. The van der Waals surface area contributed by atoms with E-state index >= 15 is 0 Å². The first-order valence-electron chi connectivity index (χ1n) is 10.1. The van der Waals surface area contributed by atoms with Crippen molar-refractivity contribution >= 4 is 11.3 Å². The monoisotopic (exact) mass is 367 g/mol. The molecule has 1 aliphatic heterocycles. The molecule has 1 fully saturated rings. The highest BCUT2D eigenvalue weighted by Gasteiger charge is 2.31. The Labute approximate surface area is 162 Å². The third-order valence-corrected chi connectivity index (χ3v) is 5.45. The Hall–Kier alpha value is -1.96. The third-order valence-electron chi connectivity index (χ3n) is 5.45. The number of aliphatic hydroxyl groups is 1. The number of aliphatic hydroxyl groups excluding tert-OH is 1. The zero-order valence-electron chi connectivity index (χ0n) is 16.8. The Morgan fingerprint density at radius 2 is 1.74 bits per heavy atom.